The Bertz CT molecular complexity index is 779. The van der Waals surface area contributed by atoms with Crippen LogP contribution in [0, 0.1) is 0 Å². The number of hydrogen-bond acceptors (Lipinski definition) is 6. The molecule has 1 aromatic carbocycles. The molecule has 4 amide bonds. The van der Waals surface area contributed by atoms with E-state index in [2.05, 4.69) is 10.6 Å². The van der Waals surface area contributed by atoms with Crippen molar-refractivity contribution < 1.29 is 23.9 Å². The summed E-state index contributed by atoms with van der Waals surface area (Å²) in [6.07, 6.45) is 0.735. The number of fused-ring (bicyclic) bond motifs is 1. The van der Waals surface area contributed by atoms with Gasteiger partial charge in [0, 0.05) is 30.8 Å². The zero-order valence-corrected chi connectivity index (χ0v) is 14.8. The standard InChI is InChI=1S/C18H22N4O5/c19-6-8-27-7-5-16(24)20-12-1-2-13-11(9-12)10-22(18(13)26)14-3-4-15(23)21-17(14)25/h1-2,9,14H,3-8,10,19H2,(H,20,24)(H,21,23,25). The van der Waals surface area contributed by atoms with Crippen LogP contribution in [-0.4, -0.2) is 54.3 Å². The highest BCUT2D eigenvalue weighted by atomic mass is 16.5. The zero-order valence-electron chi connectivity index (χ0n) is 14.8. The summed E-state index contributed by atoms with van der Waals surface area (Å²) in [5, 5.41) is 5.04. The van der Waals surface area contributed by atoms with E-state index in [1.807, 2.05) is 0 Å². The fourth-order valence-corrected chi connectivity index (χ4v) is 3.23. The molecule has 9 nitrogen and oxygen atoms in total. The molecule has 1 unspecified atom stereocenters. The van der Waals surface area contributed by atoms with Gasteiger partial charge in [-0.1, -0.05) is 0 Å². The molecule has 1 aromatic rings. The van der Waals surface area contributed by atoms with Crippen LogP contribution in [0.25, 0.3) is 0 Å². The first-order chi connectivity index (χ1) is 13.0. The molecule has 2 aliphatic rings. The van der Waals surface area contributed by atoms with E-state index in [1.54, 1.807) is 18.2 Å². The predicted molar refractivity (Wildman–Crippen MR) is 95.6 cm³/mol. The monoisotopic (exact) mass is 374 g/mol. The minimum absolute atomic E-state index is 0.196. The van der Waals surface area contributed by atoms with E-state index in [4.69, 9.17) is 10.5 Å². The van der Waals surface area contributed by atoms with Crippen LogP contribution < -0.4 is 16.4 Å². The van der Waals surface area contributed by atoms with Crippen molar-refractivity contribution in [3.8, 4) is 0 Å². The van der Waals surface area contributed by atoms with Crippen LogP contribution in [0.2, 0.25) is 0 Å². The summed E-state index contributed by atoms with van der Waals surface area (Å²) < 4.78 is 5.18. The fourth-order valence-electron chi connectivity index (χ4n) is 3.23. The molecule has 0 radical (unpaired) electrons. The molecule has 27 heavy (non-hydrogen) atoms. The van der Waals surface area contributed by atoms with Crippen LogP contribution in [0.15, 0.2) is 18.2 Å². The number of nitrogens with zero attached hydrogens (tertiary/aromatic N) is 1. The second-order valence-electron chi connectivity index (χ2n) is 6.47. The predicted octanol–water partition coefficient (Wildman–Crippen LogP) is -0.248. The Hall–Kier alpha value is -2.78. The minimum atomic E-state index is -0.652. The molecule has 2 aliphatic heterocycles. The molecule has 1 fully saturated rings. The van der Waals surface area contributed by atoms with Crippen molar-refractivity contribution in [2.45, 2.75) is 31.8 Å². The molecule has 0 aromatic heterocycles. The largest absolute Gasteiger partial charge is 0.380 e. The van der Waals surface area contributed by atoms with Crippen LogP contribution in [-0.2, 0) is 25.7 Å². The normalized spacial score (nSPS) is 19.1. The first kappa shape index (κ1) is 19.0. The van der Waals surface area contributed by atoms with Crippen LogP contribution in [0.1, 0.15) is 35.2 Å². The van der Waals surface area contributed by atoms with E-state index in [9.17, 15) is 19.2 Å². The van der Waals surface area contributed by atoms with E-state index in [0.29, 0.717) is 30.8 Å². The highest BCUT2D eigenvalue weighted by Gasteiger charge is 2.39. The number of carbonyl (C=O) groups is 4. The number of piperidine rings is 1. The number of nitrogens with one attached hydrogen (secondary N) is 2. The number of carbonyl (C=O) groups excluding carboxylic acids is 4. The minimum Gasteiger partial charge on any atom is -0.380 e. The number of ether oxygens (including phenoxy) is 1. The lowest BCUT2D eigenvalue weighted by Crippen LogP contribution is -2.52. The molecule has 144 valence electrons. The number of anilines is 1. The van der Waals surface area contributed by atoms with Gasteiger partial charge in [-0.2, -0.15) is 0 Å². The van der Waals surface area contributed by atoms with Gasteiger partial charge >= 0.3 is 0 Å². The molecule has 0 aliphatic carbocycles. The van der Waals surface area contributed by atoms with Gasteiger partial charge in [-0.3, -0.25) is 24.5 Å². The van der Waals surface area contributed by atoms with Crippen LogP contribution in [0.5, 0.6) is 0 Å². The highest BCUT2D eigenvalue weighted by molar-refractivity contribution is 6.05. The van der Waals surface area contributed by atoms with Crippen LogP contribution in [0.4, 0.5) is 5.69 Å². The van der Waals surface area contributed by atoms with Crippen molar-refractivity contribution >= 4 is 29.3 Å². The van der Waals surface area contributed by atoms with Crippen molar-refractivity contribution in [1.82, 2.24) is 10.2 Å². The third kappa shape index (κ3) is 4.32. The lowest BCUT2D eigenvalue weighted by Gasteiger charge is -2.29. The van der Waals surface area contributed by atoms with E-state index in [0.717, 1.165) is 5.56 Å². The Morgan fingerprint density at radius 2 is 2.11 bits per heavy atom. The van der Waals surface area contributed by atoms with E-state index in [-0.39, 0.29) is 43.7 Å². The first-order valence-corrected chi connectivity index (χ1v) is 8.85. The molecular formula is C18H22N4O5. The van der Waals surface area contributed by atoms with E-state index in [1.165, 1.54) is 4.90 Å². The van der Waals surface area contributed by atoms with Gasteiger partial charge < -0.3 is 20.7 Å². The second-order valence-corrected chi connectivity index (χ2v) is 6.47. The Morgan fingerprint density at radius 1 is 1.30 bits per heavy atom. The molecule has 3 rings (SSSR count). The average Bonchev–Trinajstić information content (AvgIpc) is 2.95. The SMILES string of the molecule is NCCOCCC(=O)Nc1ccc2c(c1)CN(C1CCC(=O)NC1=O)C2=O. The zero-order chi connectivity index (χ0) is 19.4. The summed E-state index contributed by atoms with van der Waals surface area (Å²) in [5.41, 5.74) is 7.13. The number of amides is 4. The summed E-state index contributed by atoms with van der Waals surface area (Å²) in [5.74, 6) is -1.20. The van der Waals surface area contributed by atoms with Gasteiger partial charge in [0.25, 0.3) is 5.91 Å². The molecular weight excluding hydrogens is 352 g/mol. The maximum atomic E-state index is 12.6. The second kappa shape index (κ2) is 8.28. The van der Waals surface area contributed by atoms with Crippen molar-refractivity contribution in [1.29, 1.82) is 0 Å². The van der Waals surface area contributed by atoms with Gasteiger partial charge in [0.2, 0.25) is 17.7 Å². The molecule has 1 atom stereocenters. The lowest BCUT2D eigenvalue weighted by atomic mass is 10.0. The Kier molecular flexibility index (Phi) is 5.82. The first-order valence-electron chi connectivity index (χ1n) is 8.85. The van der Waals surface area contributed by atoms with Gasteiger partial charge in [-0.25, -0.2) is 0 Å². The van der Waals surface area contributed by atoms with Crippen LogP contribution in [0.3, 0.4) is 0 Å². The Balaban J connectivity index is 1.62. The Labute approximate surface area is 156 Å². The van der Waals surface area contributed by atoms with Crippen molar-refractivity contribution in [3.05, 3.63) is 29.3 Å². The summed E-state index contributed by atoms with van der Waals surface area (Å²) in [6, 6.07) is 4.38. The van der Waals surface area contributed by atoms with Crippen molar-refractivity contribution in [2.75, 3.05) is 25.1 Å². The summed E-state index contributed by atoms with van der Waals surface area (Å²) >= 11 is 0. The Morgan fingerprint density at radius 3 is 2.85 bits per heavy atom. The molecule has 2 heterocycles. The number of nitrogens with two attached hydrogens (primary N) is 1. The third-order valence-corrected chi connectivity index (χ3v) is 4.54. The van der Waals surface area contributed by atoms with E-state index >= 15 is 0 Å². The molecule has 1 saturated heterocycles. The van der Waals surface area contributed by atoms with Crippen LogP contribution >= 0.6 is 0 Å². The fraction of sp³-hybridized carbons (Fsp3) is 0.444. The van der Waals surface area contributed by atoms with Gasteiger partial charge in [0.15, 0.2) is 0 Å². The highest BCUT2D eigenvalue weighted by Crippen LogP contribution is 2.29. The van der Waals surface area contributed by atoms with E-state index < -0.39 is 11.9 Å². The molecule has 9 heteroatoms. The van der Waals surface area contributed by atoms with Gasteiger partial charge in [-0.05, 0) is 30.2 Å². The summed E-state index contributed by atoms with van der Waals surface area (Å²) in [6.45, 7) is 1.37. The maximum absolute atomic E-state index is 12.6. The third-order valence-electron chi connectivity index (χ3n) is 4.54. The van der Waals surface area contributed by atoms with Crippen molar-refractivity contribution in [3.63, 3.8) is 0 Å². The number of benzene rings is 1. The molecule has 0 saturated carbocycles. The quantitative estimate of drug-likeness (QED) is 0.446. The number of hydrogen-bond donors (Lipinski definition) is 3. The average molecular weight is 374 g/mol. The molecule has 4 N–H and O–H groups in total. The molecule has 0 spiro atoms. The van der Waals surface area contributed by atoms with Gasteiger partial charge in [0.1, 0.15) is 6.04 Å². The van der Waals surface area contributed by atoms with Gasteiger partial charge in [-0.15, -0.1) is 0 Å². The van der Waals surface area contributed by atoms with Crippen molar-refractivity contribution in [2.24, 2.45) is 5.73 Å². The summed E-state index contributed by atoms with van der Waals surface area (Å²) in [7, 11) is 0. The lowest BCUT2D eigenvalue weighted by molar-refractivity contribution is -0.137. The number of rotatable bonds is 7. The smallest absolute Gasteiger partial charge is 0.255 e. The van der Waals surface area contributed by atoms with Gasteiger partial charge in [0.05, 0.1) is 19.6 Å². The maximum Gasteiger partial charge on any atom is 0.255 e. The summed E-state index contributed by atoms with van der Waals surface area (Å²) in [4.78, 5) is 49.4. The number of imide groups is 1. The topological polar surface area (TPSA) is 131 Å². The molecule has 0 bridgehead atoms.